The summed E-state index contributed by atoms with van der Waals surface area (Å²) < 4.78 is 0. The third-order valence-corrected chi connectivity index (χ3v) is 1.78. The molecule has 0 heterocycles. The van der Waals surface area contributed by atoms with Crippen LogP contribution in [0.3, 0.4) is 0 Å². The van der Waals surface area contributed by atoms with E-state index in [1.54, 1.807) is 0 Å². The predicted octanol–water partition coefficient (Wildman–Crippen LogP) is 4.19. The van der Waals surface area contributed by atoms with Gasteiger partial charge in [-0.2, -0.15) is 6.54 Å². The van der Waals surface area contributed by atoms with Gasteiger partial charge in [0, 0.05) is 32.7 Å². The Morgan fingerprint density at radius 1 is 1.00 bits per heavy atom. The van der Waals surface area contributed by atoms with Crippen LogP contribution in [0.2, 0.25) is 0 Å². The third-order valence-electron chi connectivity index (χ3n) is 1.78. The van der Waals surface area contributed by atoms with E-state index in [1.807, 2.05) is 0 Å². The van der Waals surface area contributed by atoms with Gasteiger partial charge in [0.05, 0.1) is 0 Å². The van der Waals surface area contributed by atoms with Crippen molar-refractivity contribution in [3.05, 3.63) is 25.5 Å². The standard InChI is InChI=1S/C9H20N2.2CH3.Y/c1-5-8(4)11-9(6-2)10-7-3;;;/h8-9H,5-7H2,1-4H3;2*1H3;/q-2;2*-1;. The molecule has 1 radical (unpaired) electrons. The van der Waals surface area contributed by atoms with Crippen molar-refractivity contribution in [3.63, 3.8) is 0 Å². The Labute approximate surface area is 117 Å². The van der Waals surface area contributed by atoms with Crippen LogP contribution in [-0.4, -0.2) is 18.8 Å². The van der Waals surface area contributed by atoms with Gasteiger partial charge in [0.1, 0.15) is 0 Å². The Kier molecular flexibility index (Phi) is 28.6. The first-order valence-corrected chi connectivity index (χ1v) is 4.61. The minimum atomic E-state index is 0. The molecule has 0 N–H and O–H groups in total. The molecule has 0 saturated carbocycles. The van der Waals surface area contributed by atoms with E-state index >= 15 is 0 Å². The molecule has 0 bridgehead atoms. The van der Waals surface area contributed by atoms with Gasteiger partial charge in [0.25, 0.3) is 0 Å². The zero-order valence-corrected chi connectivity index (χ0v) is 13.6. The van der Waals surface area contributed by atoms with Crippen LogP contribution in [0.15, 0.2) is 0 Å². The molecule has 0 saturated heterocycles. The van der Waals surface area contributed by atoms with Gasteiger partial charge < -0.3 is 25.5 Å². The molecule has 0 aliphatic heterocycles. The predicted molar refractivity (Wildman–Crippen MR) is 63.9 cm³/mol. The van der Waals surface area contributed by atoms with E-state index in [-0.39, 0.29) is 53.7 Å². The van der Waals surface area contributed by atoms with E-state index < -0.39 is 0 Å². The summed E-state index contributed by atoms with van der Waals surface area (Å²) in [6.45, 7) is 9.39. The molecule has 0 aliphatic rings. The molecule has 0 aliphatic carbocycles. The van der Waals surface area contributed by atoms with E-state index in [9.17, 15) is 0 Å². The molecular weight excluding hydrogens is 249 g/mol. The molecule has 2 atom stereocenters. The maximum atomic E-state index is 4.54. The van der Waals surface area contributed by atoms with Gasteiger partial charge >= 0.3 is 0 Å². The Bertz CT molecular complexity index is 89.4. The SMILES string of the molecule is CC[N-]C(CC)[N-]C(C)CC.[CH3-].[CH3-].[Y]. The minimum absolute atomic E-state index is 0. The topological polar surface area (TPSA) is 28.2 Å². The van der Waals surface area contributed by atoms with Gasteiger partial charge in [-0.3, -0.25) is 0 Å². The van der Waals surface area contributed by atoms with E-state index in [0.29, 0.717) is 6.04 Å². The van der Waals surface area contributed by atoms with E-state index in [0.717, 1.165) is 19.4 Å². The van der Waals surface area contributed by atoms with Crippen LogP contribution in [0.25, 0.3) is 10.6 Å². The summed E-state index contributed by atoms with van der Waals surface area (Å²) in [5.41, 5.74) is 0. The summed E-state index contributed by atoms with van der Waals surface area (Å²) in [5.74, 6) is 0. The van der Waals surface area contributed by atoms with Crippen molar-refractivity contribution >= 4 is 0 Å². The zero-order chi connectivity index (χ0) is 8.69. The second kappa shape index (κ2) is 16.5. The largest absolute Gasteiger partial charge is 0.678 e. The van der Waals surface area contributed by atoms with Crippen molar-refractivity contribution in [2.45, 2.75) is 52.7 Å². The van der Waals surface area contributed by atoms with Gasteiger partial charge in [-0.25, -0.2) is 6.17 Å². The van der Waals surface area contributed by atoms with Crippen molar-refractivity contribution in [3.8, 4) is 0 Å². The monoisotopic (exact) mass is 275 g/mol. The number of hydrogen-bond acceptors (Lipinski definition) is 0. The Balaban J connectivity index is -0.000000167. The normalized spacial score (nSPS) is 12.9. The number of nitrogens with zero attached hydrogens (tertiary/aromatic N) is 2. The van der Waals surface area contributed by atoms with E-state index in [4.69, 9.17) is 0 Å². The molecule has 87 valence electrons. The van der Waals surface area contributed by atoms with Gasteiger partial charge in [-0.05, 0) is 0 Å². The van der Waals surface area contributed by atoms with Crippen LogP contribution in [0.1, 0.15) is 40.5 Å². The van der Waals surface area contributed by atoms with Gasteiger partial charge in [0.2, 0.25) is 0 Å². The Morgan fingerprint density at radius 2 is 1.50 bits per heavy atom. The molecule has 0 fully saturated rings. The Morgan fingerprint density at radius 3 is 1.79 bits per heavy atom. The number of hydrogen-bond donors (Lipinski definition) is 0. The molecule has 0 aromatic rings. The summed E-state index contributed by atoms with van der Waals surface area (Å²) in [6.07, 6.45) is 2.41. The van der Waals surface area contributed by atoms with E-state index in [1.165, 1.54) is 0 Å². The minimum Gasteiger partial charge on any atom is -0.678 e. The fourth-order valence-corrected chi connectivity index (χ4v) is 0.892. The fraction of sp³-hybridized carbons (Fsp3) is 0.818. The van der Waals surface area contributed by atoms with Crippen LogP contribution >= 0.6 is 0 Å². The molecule has 2 unspecified atom stereocenters. The molecule has 0 spiro atoms. The van der Waals surface area contributed by atoms with Gasteiger partial charge in [-0.15, -0.1) is 6.04 Å². The van der Waals surface area contributed by atoms with Gasteiger partial charge in [0.15, 0.2) is 0 Å². The van der Waals surface area contributed by atoms with Crippen molar-refractivity contribution in [2.75, 3.05) is 6.54 Å². The van der Waals surface area contributed by atoms with E-state index in [2.05, 4.69) is 38.3 Å². The van der Waals surface area contributed by atoms with Gasteiger partial charge in [-0.1, -0.05) is 40.5 Å². The maximum absolute atomic E-state index is 4.54. The van der Waals surface area contributed by atoms with Crippen LogP contribution < -0.4 is 0 Å². The first-order chi connectivity index (χ1) is 5.24. The molecule has 14 heavy (non-hydrogen) atoms. The second-order valence-electron chi connectivity index (χ2n) is 2.79. The third kappa shape index (κ3) is 13.0. The van der Waals surface area contributed by atoms with Crippen LogP contribution in [-0.2, 0) is 32.7 Å². The molecule has 3 heteroatoms. The molecular formula is C11H26N2Y-4. The second-order valence-corrected chi connectivity index (χ2v) is 2.79. The van der Waals surface area contributed by atoms with Crippen LogP contribution in [0, 0.1) is 14.9 Å². The van der Waals surface area contributed by atoms with Crippen LogP contribution in [0.5, 0.6) is 0 Å². The summed E-state index contributed by atoms with van der Waals surface area (Å²) in [5, 5.41) is 8.90. The molecule has 0 amide bonds. The smallest absolute Gasteiger partial charge is 0 e. The quantitative estimate of drug-likeness (QED) is 0.650. The number of rotatable bonds is 6. The average molecular weight is 275 g/mol. The average Bonchev–Trinajstić information content (AvgIpc) is 2.03. The van der Waals surface area contributed by atoms with Crippen molar-refractivity contribution in [2.24, 2.45) is 0 Å². The summed E-state index contributed by atoms with van der Waals surface area (Å²) in [6, 6.07) is 0.468. The van der Waals surface area contributed by atoms with Crippen LogP contribution in [0.4, 0.5) is 0 Å². The van der Waals surface area contributed by atoms with Crippen molar-refractivity contribution in [1.82, 2.24) is 0 Å². The zero-order valence-electron chi connectivity index (χ0n) is 10.7. The fourth-order valence-electron chi connectivity index (χ4n) is 0.892. The molecule has 0 aromatic heterocycles. The van der Waals surface area contributed by atoms with Crippen molar-refractivity contribution < 1.29 is 32.7 Å². The first-order valence-electron chi connectivity index (χ1n) is 4.61. The Hall–Kier alpha value is 1.02. The summed E-state index contributed by atoms with van der Waals surface area (Å²) in [4.78, 5) is 0. The summed E-state index contributed by atoms with van der Waals surface area (Å²) >= 11 is 0. The molecule has 0 aromatic carbocycles. The molecule has 0 rings (SSSR count). The maximum Gasteiger partial charge on any atom is 0 e. The summed E-state index contributed by atoms with van der Waals surface area (Å²) in [7, 11) is 0. The first kappa shape index (κ1) is 24.3. The van der Waals surface area contributed by atoms with Crippen molar-refractivity contribution in [1.29, 1.82) is 0 Å². The molecule has 2 nitrogen and oxygen atoms in total.